The molecule has 0 saturated carbocycles. The number of rotatable bonds is 1. The lowest BCUT2D eigenvalue weighted by Crippen LogP contribution is -2.31. The monoisotopic (exact) mass is 212 g/mol. The number of pyridine rings is 1. The molecule has 0 saturated heterocycles. The van der Waals surface area contributed by atoms with Crippen molar-refractivity contribution in [2.75, 3.05) is 5.73 Å². The van der Waals surface area contributed by atoms with E-state index in [0.717, 1.165) is 23.3 Å². The summed E-state index contributed by atoms with van der Waals surface area (Å²) in [5.74, 6) is 0. The van der Waals surface area contributed by atoms with Crippen LogP contribution in [0, 0.1) is 0 Å². The number of hydrogen-bond donors (Lipinski definition) is 1. The van der Waals surface area contributed by atoms with Gasteiger partial charge in [-0.25, -0.2) is 8.97 Å². The second kappa shape index (κ2) is 3.23. The van der Waals surface area contributed by atoms with Crippen molar-refractivity contribution in [1.29, 1.82) is 0 Å². The molecular formula is C13H14N3+. The molecular weight excluding hydrogens is 198 g/mol. The summed E-state index contributed by atoms with van der Waals surface area (Å²) in [6.45, 7) is 3.05. The molecule has 0 atom stereocenters. The van der Waals surface area contributed by atoms with Gasteiger partial charge in [0, 0.05) is 10.8 Å². The lowest BCUT2D eigenvalue weighted by atomic mass is 10.1. The fourth-order valence-electron chi connectivity index (χ4n) is 2.22. The van der Waals surface area contributed by atoms with Gasteiger partial charge in [0.25, 0.3) is 0 Å². The summed E-state index contributed by atoms with van der Waals surface area (Å²) in [6.07, 6.45) is 6.22. The summed E-state index contributed by atoms with van der Waals surface area (Å²) in [6, 6.07) is 8.21. The Morgan fingerprint density at radius 1 is 1.31 bits per heavy atom. The summed E-state index contributed by atoms with van der Waals surface area (Å²) in [4.78, 5) is 0. The average Bonchev–Trinajstić information content (AvgIpc) is 2.72. The first-order chi connectivity index (χ1) is 7.81. The fourth-order valence-corrected chi connectivity index (χ4v) is 2.22. The molecule has 3 rings (SSSR count). The van der Waals surface area contributed by atoms with Gasteiger partial charge in [-0.15, -0.1) is 0 Å². The first-order valence-electron chi connectivity index (χ1n) is 5.48. The van der Waals surface area contributed by atoms with Crippen molar-refractivity contribution in [3.63, 3.8) is 0 Å². The number of imidazole rings is 1. The maximum absolute atomic E-state index is 6.23. The minimum atomic E-state index is 0.852. The SMILES string of the molecule is CC[n+]1ccn2cc3ccccc3c(N)c21. The highest BCUT2D eigenvalue weighted by molar-refractivity contribution is 5.97. The van der Waals surface area contributed by atoms with E-state index in [-0.39, 0.29) is 0 Å². The minimum Gasteiger partial charge on any atom is -0.392 e. The third-order valence-electron chi connectivity index (χ3n) is 3.03. The molecule has 3 heteroatoms. The van der Waals surface area contributed by atoms with Gasteiger partial charge in [0.1, 0.15) is 24.3 Å². The first kappa shape index (κ1) is 9.21. The van der Waals surface area contributed by atoms with E-state index >= 15 is 0 Å². The number of nitrogens with two attached hydrogens (primary N) is 1. The predicted octanol–water partition coefficient (Wildman–Crippen LogP) is 1.98. The number of nitrogens with zero attached hydrogens (tertiary/aromatic N) is 2. The van der Waals surface area contributed by atoms with Crippen molar-refractivity contribution < 1.29 is 4.57 Å². The summed E-state index contributed by atoms with van der Waals surface area (Å²) in [7, 11) is 0. The van der Waals surface area contributed by atoms with E-state index in [1.54, 1.807) is 0 Å². The minimum absolute atomic E-state index is 0.852. The first-order valence-corrected chi connectivity index (χ1v) is 5.48. The van der Waals surface area contributed by atoms with Crippen LogP contribution in [0.1, 0.15) is 6.92 Å². The molecule has 0 radical (unpaired) electrons. The molecule has 3 aromatic rings. The van der Waals surface area contributed by atoms with Gasteiger partial charge in [0.2, 0.25) is 0 Å². The molecule has 2 N–H and O–H groups in total. The summed E-state index contributed by atoms with van der Waals surface area (Å²) < 4.78 is 4.24. The van der Waals surface area contributed by atoms with E-state index in [1.807, 2.05) is 18.3 Å². The van der Waals surface area contributed by atoms with Gasteiger partial charge in [-0.05, 0) is 6.92 Å². The highest BCUT2D eigenvalue weighted by Gasteiger charge is 2.14. The largest absolute Gasteiger partial charge is 0.392 e. The van der Waals surface area contributed by atoms with Gasteiger partial charge in [0.15, 0.2) is 0 Å². The molecule has 0 aliphatic heterocycles. The Balaban J connectivity index is 2.54. The second-order valence-corrected chi connectivity index (χ2v) is 3.95. The van der Waals surface area contributed by atoms with Gasteiger partial charge >= 0.3 is 5.65 Å². The van der Waals surface area contributed by atoms with Crippen LogP contribution < -0.4 is 10.3 Å². The van der Waals surface area contributed by atoms with Gasteiger partial charge < -0.3 is 5.73 Å². The zero-order valence-corrected chi connectivity index (χ0v) is 9.22. The van der Waals surface area contributed by atoms with Gasteiger partial charge in [0.05, 0.1) is 6.54 Å². The fraction of sp³-hybridized carbons (Fsp3) is 0.154. The van der Waals surface area contributed by atoms with Crippen LogP contribution in [-0.4, -0.2) is 4.40 Å². The molecule has 3 nitrogen and oxygen atoms in total. The molecule has 0 aliphatic carbocycles. The van der Waals surface area contributed by atoms with Crippen LogP contribution in [0.3, 0.4) is 0 Å². The van der Waals surface area contributed by atoms with E-state index < -0.39 is 0 Å². The topological polar surface area (TPSA) is 34.3 Å². The third-order valence-corrected chi connectivity index (χ3v) is 3.03. The van der Waals surface area contributed by atoms with Crippen molar-refractivity contribution >= 4 is 22.1 Å². The van der Waals surface area contributed by atoms with Crippen LogP contribution >= 0.6 is 0 Å². The Labute approximate surface area is 93.7 Å². The van der Waals surface area contributed by atoms with Crippen molar-refractivity contribution in [1.82, 2.24) is 4.40 Å². The molecule has 2 aromatic heterocycles. The van der Waals surface area contributed by atoms with E-state index in [9.17, 15) is 0 Å². The smallest absolute Gasteiger partial charge is 0.310 e. The molecule has 0 bridgehead atoms. The number of nitrogen functional groups attached to an aromatic ring is 1. The summed E-state index contributed by atoms with van der Waals surface area (Å²) >= 11 is 0. The maximum Gasteiger partial charge on any atom is 0.310 e. The molecule has 16 heavy (non-hydrogen) atoms. The molecule has 0 unspecified atom stereocenters. The Hall–Kier alpha value is -2.03. The molecule has 80 valence electrons. The van der Waals surface area contributed by atoms with E-state index in [2.05, 4.69) is 40.4 Å². The molecule has 0 fully saturated rings. The normalized spacial score (nSPS) is 11.3. The highest BCUT2D eigenvalue weighted by Crippen LogP contribution is 2.23. The Morgan fingerprint density at radius 2 is 2.12 bits per heavy atom. The lowest BCUT2D eigenvalue weighted by molar-refractivity contribution is -0.666. The Kier molecular flexibility index (Phi) is 1.86. The van der Waals surface area contributed by atoms with E-state index in [4.69, 9.17) is 5.73 Å². The van der Waals surface area contributed by atoms with Crippen LogP contribution in [0.5, 0.6) is 0 Å². The van der Waals surface area contributed by atoms with Crippen molar-refractivity contribution in [3.05, 3.63) is 42.9 Å². The highest BCUT2D eigenvalue weighted by atomic mass is 15.1. The van der Waals surface area contributed by atoms with Gasteiger partial charge in [-0.1, -0.05) is 24.3 Å². The number of hydrogen-bond acceptors (Lipinski definition) is 1. The maximum atomic E-state index is 6.23. The number of anilines is 1. The van der Waals surface area contributed by atoms with Gasteiger partial charge in [-0.3, -0.25) is 0 Å². The number of benzene rings is 1. The van der Waals surface area contributed by atoms with Crippen LogP contribution in [0.25, 0.3) is 16.4 Å². The Bertz CT molecular complexity index is 667. The summed E-state index contributed by atoms with van der Waals surface area (Å²) in [5, 5.41) is 2.29. The second-order valence-electron chi connectivity index (χ2n) is 3.95. The molecule has 1 aromatic carbocycles. The molecule has 2 heterocycles. The van der Waals surface area contributed by atoms with E-state index in [0.29, 0.717) is 0 Å². The average molecular weight is 212 g/mol. The third kappa shape index (κ3) is 1.11. The standard InChI is InChI=1S/C13H14N3/c1-2-15-7-8-16-9-10-5-3-4-6-11(10)12(14)13(15)16/h3-9H,2,14H2,1H3/q+1. The Morgan fingerprint density at radius 3 is 2.94 bits per heavy atom. The lowest BCUT2D eigenvalue weighted by Gasteiger charge is -2.01. The van der Waals surface area contributed by atoms with Crippen LogP contribution in [0.4, 0.5) is 5.69 Å². The zero-order chi connectivity index (χ0) is 11.1. The molecule has 0 amide bonds. The van der Waals surface area contributed by atoms with Gasteiger partial charge in [-0.2, -0.15) is 0 Å². The summed E-state index contributed by atoms with van der Waals surface area (Å²) in [5.41, 5.74) is 8.16. The number of fused-ring (bicyclic) bond motifs is 2. The van der Waals surface area contributed by atoms with E-state index in [1.165, 1.54) is 5.39 Å². The van der Waals surface area contributed by atoms with Crippen LogP contribution in [0.15, 0.2) is 42.9 Å². The predicted molar refractivity (Wildman–Crippen MR) is 65.2 cm³/mol. The van der Waals surface area contributed by atoms with Crippen LogP contribution in [-0.2, 0) is 6.54 Å². The molecule has 0 aliphatic rings. The van der Waals surface area contributed by atoms with Crippen molar-refractivity contribution in [2.24, 2.45) is 0 Å². The number of aryl methyl sites for hydroxylation is 1. The number of aromatic nitrogens is 2. The zero-order valence-electron chi connectivity index (χ0n) is 9.22. The van der Waals surface area contributed by atoms with Crippen molar-refractivity contribution in [2.45, 2.75) is 13.5 Å². The molecule has 0 spiro atoms. The quantitative estimate of drug-likeness (QED) is 0.615. The van der Waals surface area contributed by atoms with Crippen molar-refractivity contribution in [3.8, 4) is 0 Å². The van der Waals surface area contributed by atoms with Crippen LogP contribution in [0.2, 0.25) is 0 Å².